The van der Waals surface area contributed by atoms with E-state index in [4.69, 9.17) is 0 Å². The highest BCUT2D eigenvalue weighted by Gasteiger charge is 2.68. The Kier molecular flexibility index (Phi) is 20.8. The molecule has 87 heavy (non-hydrogen) atoms. The molecule has 2 aliphatic rings. The van der Waals surface area contributed by atoms with Crippen LogP contribution in [0.4, 0.5) is 0 Å². The van der Waals surface area contributed by atoms with Gasteiger partial charge in [0.2, 0.25) is 40.1 Å². The summed E-state index contributed by atoms with van der Waals surface area (Å²) in [5, 5.41) is 11.9. The van der Waals surface area contributed by atoms with Gasteiger partial charge in [-0.05, 0) is 137 Å². The normalized spacial score (nSPS) is 21.6. The average molecular weight is 1310 g/mol. The molecule has 0 spiro atoms. The third-order valence-electron chi connectivity index (χ3n) is 16.4. The van der Waals surface area contributed by atoms with Crippen molar-refractivity contribution in [2.75, 3.05) is 85.1 Å². The molecule has 2 saturated heterocycles. The number of benzene rings is 6. The summed E-state index contributed by atoms with van der Waals surface area (Å²) in [6.07, 6.45) is -0.807. The molecule has 1 N–H and O–H groups in total. The minimum absolute atomic E-state index is 0.0326. The summed E-state index contributed by atoms with van der Waals surface area (Å²) in [4.78, 5) is -1.23. The van der Waals surface area contributed by atoms with Crippen LogP contribution in [-0.4, -0.2) is 166 Å². The maximum atomic E-state index is 17.2. The summed E-state index contributed by atoms with van der Waals surface area (Å²) in [6.45, 7) is 7.74. The first-order valence-corrected chi connectivity index (χ1v) is 37.5. The standard InChI is InChI=1S/C62H80N6O13S6/c1-49-12-24-57(25-13-49)82(70,71)63-36-8-38-65(84(74,75)59-28-16-51(3)17-29-59)44-55(7)46-67(42-10-40-63,86(78,79)61-32-20-53(5)21-33-61)68(87(80,81)62-34-22-54(6)23-35-62)43-11-41-64(83(72,73)58-26-14-50(2)15-27-58)37-9-39-66(45-56(47-68)48-69)85(76,77)60-30-18-52(4)19-31-60/h12-35,56,69H,7-11,36-48H2,1-6H3/q+2. The van der Waals surface area contributed by atoms with Gasteiger partial charge in [0.25, 0.3) is 0 Å². The van der Waals surface area contributed by atoms with Gasteiger partial charge in [-0.3, -0.25) is 0 Å². The lowest BCUT2D eigenvalue weighted by Gasteiger charge is -2.51. The van der Waals surface area contributed by atoms with Crippen molar-refractivity contribution in [3.05, 3.63) is 191 Å². The van der Waals surface area contributed by atoms with E-state index >= 15 is 50.5 Å². The number of quaternary nitrogens is 2. The molecule has 0 saturated carbocycles. The lowest BCUT2D eigenvalue weighted by Crippen LogP contribution is -2.79. The largest absolute Gasteiger partial charge is 0.396 e. The molecule has 2 aliphatic heterocycles. The number of nitrogens with zero attached hydrogens (tertiary/aromatic N) is 6. The quantitative estimate of drug-likeness (QED) is 0.0815. The number of aliphatic hydroxyl groups is 1. The zero-order chi connectivity index (χ0) is 63.4. The van der Waals surface area contributed by atoms with Crippen molar-refractivity contribution in [3.8, 4) is 0 Å². The van der Waals surface area contributed by atoms with Crippen molar-refractivity contribution in [1.82, 2.24) is 17.2 Å². The third-order valence-corrected chi connectivity index (χ3v) is 28.9. The fourth-order valence-corrected chi connectivity index (χ4v) is 22.5. The molecule has 0 aromatic heterocycles. The van der Waals surface area contributed by atoms with Crippen LogP contribution < -0.4 is 0 Å². The van der Waals surface area contributed by atoms with Crippen molar-refractivity contribution in [2.24, 2.45) is 5.92 Å². The van der Waals surface area contributed by atoms with Gasteiger partial charge >= 0.3 is 20.0 Å². The summed E-state index contributed by atoms with van der Waals surface area (Å²) in [5.74, 6) is -1.41. The number of aliphatic hydroxyl groups excluding tert-OH is 1. The van der Waals surface area contributed by atoms with Gasteiger partial charge in [-0.15, -0.1) is 0 Å². The first-order valence-electron chi connectivity index (χ1n) is 28.8. The zero-order valence-corrected chi connectivity index (χ0v) is 55.0. The molecule has 2 heterocycles. The van der Waals surface area contributed by atoms with E-state index in [1.54, 1.807) is 90.1 Å². The monoisotopic (exact) mass is 1310 g/mol. The molecule has 3 atom stereocenters. The van der Waals surface area contributed by atoms with Crippen molar-refractivity contribution in [2.45, 2.75) is 96.6 Å². The van der Waals surface area contributed by atoms with Crippen molar-refractivity contribution in [3.63, 3.8) is 0 Å². The van der Waals surface area contributed by atoms with Crippen LogP contribution in [0.3, 0.4) is 0 Å². The van der Waals surface area contributed by atoms with E-state index in [0.717, 1.165) is 39.5 Å². The highest BCUT2D eigenvalue weighted by molar-refractivity contribution is 7.90. The average Bonchev–Trinajstić information content (AvgIpc) is 0.696. The number of hydrogen-bond donors (Lipinski definition) is 1. The molecule has 0 aliphatic carbocycles. The van der Waals surface area contributed by atoms with Gasteiger partial charge in [-0.1, -0.05) is 117 Å². The SMILES string of the molecule is C=C1CN(S(=O)(=O)c2ccc(C)cc2)CCCN(S(=O)(=O)c2ccc(C)cc2)CCC[N+]([N+]2(S(=O)(=O)c3ccc(C)cc3)CCCN(S(=O)(=O)c3ccc(C)cc3)CCCN(S(=O)(=O)c3ccc(C)cc3)CC(CO)C2)(S(=O)(=O)c2ccc(C)cc2)C1. The molecule has 3 unspecified atom stereocenters. The van der Waals surface area contributed by atoms with Crippen LogP contribution in [0, 0.1) is 47.5 Å². The second-order valence-corrected chi connectivity index (χ2v) is 35.0. The first kappa shape index (κ1) is 67.4. The molecule has 2 fully saturated rings. The van der Waals surface area contributed by atoms with E-state index in [1.165, 1.54) is 97.1 Å². The molecule has 0 bridgehead atoms. The third kappa shape index (κ3) is 14.1. The molecular formula is C62H80N6O13S6+2. The second-order valence-electron chi connectivity index (χ2n) is 23.0. The van der Waals surface area contributed by atoms with E-state index in [-0.39, 0.29) is 86.8 Å². The van der Waals surface area contributed by atoms with Crippen LogP contribution in [-0.2, 0) is 60.1 Å². The van der Waals surface area contributed by atoms with E-state index in [0.29, 0.717) is 11.1 Å². The molecule has 0 amide bonds. The van der Waals surface area contributed by atoms with E-state index in [9.17, 15) is 5.11 Å². The van der Waals surface area contributed by atoms with Crippen LogP contribution in [0.2, 0.25) is 0 Å². The van der Waals surface area contributed by atoms with Crippen molar-refractivity contribution in [1.29, 1.82) is 0 Å². The number of sulfonamides is 6. The summed E-state index contributed by atoms with van der Waals surface area (Å²) < 4.78 is 190. The van der Waals surface area contributed by atoms with Crippen molar-refractivity contribution >= 4 is 60.1 Å². The van der Waals surface area contributed by atoms with Gasteiger partial charge < -0.3 is 5.11 Å². The van der Waals surface area contributed by atoms with Crippen molar-refractivity contribution < 1.29 is 63.6 Å². The second kappa shape index (κ2) is 26.9. The molecule has 6 aromatic carbocycles. The Bertz CT molecular complexity index is 4120. The van der Waals surface area contributed by atoms with Gasteiger partial charge in [0.1, 0.15) is 29.4 Å². The first-order chi connectivity index (χ1) is 40.9. The fraction of sp³-hybridized carbons (Fsp3) is 0.387. The molecule has 470 valence electrons. The lowest BCUT2D eigenvalue weighted by molar-refractivity contribution is -1.38. The highest BCUT2D eigenvalue weighted by atomic mass is 32.2. The van der Waals surface area contributed by atoms with E-state index in [2.05, 4.69) is 6.58 Å². The van der Waals surface area contributed by atoms with Gasteiger partial charge in [-0.25, -0.2) is 33.7 Å². The highest BCUT2D eigenvalue weighted by Crippen LogP contribution is 2.44. The fourth-order valence-electron chi connectivity index (χ4n) is 11.5. The lowest BCUT2D eigenvalue weighted by atomic mass is 10.1. The van der Waals surface area contributed by atoms with Gasteiger partial charge in [-0.2, -0.15) is 34.1 Å². The van der Waals surface area contributed by atoms with Crippen LogP contribution in [0.15, 0.2) is 187 Å². The molecule has 0 radical (unpaired) electrons. The molecular weight excluding hydrogens is 1230 g/mol. The number of aryl methyl sites for hydroxylation is 6. The Labute approximate surface area is 516 Å². The molecule has 19 nitrogen and oxygen atoms in total. The van der Waals surface area contributed by atoms with Gasteiger partial charge in [0.15, 0.2) is 6.54 Å². The predicted octanol–water partition coefficient (Wildman–Crippen LogP) is 7.68. The minimum atomic E-state index is -5.34. The Morgan fingerprint density at radius 1 is 0.379 bits per heavy atom. The maximum absolute atomic E-state index is 17.2. The van der Waals surface area contributed by atoms with Crippen LogP contribution in [0.1, 0.15) is 59.1 Å². The summed E-state index contributed by atoms with van der Waals surface area (Å²) >= 11 is 0. The van der Waals surface area contributed by atoms with E-state index in [1.807, 2.05) is 0 Å². The zero-order valence-electron chi connectivity index (χ0n) is 50.1. The Morgan fingerprint density at radius 2 is 0.644 bits per heavy atom. The topological polar surface area (TPSA) is 238 Å². The maximum Gasteiger partial charge on any atom is 0.372 e. The van der Waals surface area contributed by atoms with Crippen LogP contribution >= 0.6 is 0 Å². The molecule has 8 rings (SSSR count). The minimum Gasteiger partial charge on any atom is -0.396 e. The molecule has 25 heteroatoms. The smallest absolute Gasteiger partial charge is 0.372 e. The van der Waals surface area contributed by atoms with Crippen LogP contribution in [0.5, 0.6) is 0 Å². The predicted molar refractivity (Wildman–Crippen MR) is 335 cm³/mol. The van der Waals surface area contributed by atoms with Crippen LogP contribution in [0.25, 0.3) is 0 Å². The Morgan fingerprint density at radius 3 is 0.989 bits per heavy atom. The molecule has 6 aromatic rings. The summed E-state index contributed by atoms with van der Waals surface area (Å²) in [7, 11) is -28.7. The summed E-state index contributed by atoms with van der Waals surface area (Å²) in [6, 6.07) is 35.8. The Hall–Kier alpha value is -5.52. The Balaban J connectivity index is 1.46. The van der Waals surface area contributed by atoms with Gasteiger partial charge in [0, 0.05) is 65.2 Å². The number of hydrogen-bond acceptors (Lipinski definition) is 13. The van der Waals surface area contributed by atoms with E-state index < -0.39 is 133 Å². The summed E-state index contributed by atoms with van der Waals surface area (Å²) in [5.41, 5.74) is 4.25. The van der Waals surface area contributed by atoms with Gasteiger partial charge in [0.05, 0.1) is 32.1 Å². The number of rotatable bonds is 14.